The van der Waals surface area contributed by atoms with E-state index in [1.54, 1.807) is 31.3 Å². The first kappa shape index (κ1) is 15.8. The molecule has 0 aromatic heterocycles. The minimum Gasteiger partial charge on any atom is -0.381 e. The van der Waals surface area contributed by atoms with Crippen LogP contribution in [0.1, 0.15) is 18.4 Å². The van der Waals surface area contributed by atoms with Gasteiger partial charge in [-0.05, 0) is 36.5 Å². The van der Waals surface area contributed by atoms with Crippen molar-refractivity contribution in [2.75, 3.05) is 26.8 Å². The Balaban J connectivity index is 1.98. The summed E-state index contributed by atoms with van der Waals surface area (Å²) in [5, 5.41) is 0.560. The van der Waals surface area contributed by atoms with Gasteiger partial charge in [-0.15, -0.1) is 0 Å². The largest absolute Gasteiger partial charge is 0.381 e. The monoisotopic (exact) mass is 317 g/mol. The number of benzene rings is 1. The van der Waals surface area contributed by atoms with Gasteiger partial charge in [-0.2, -0.15) is 0 Å². The molecule has 0 N–H and O–H groups in total. The lowest BCUT2D eigenvalue weighted by Gasteiger charge is -2.26. The lowest BCUT2D eigenvalue weighted by Crippen LogP contribution is -2.34. The van der Waals surface area contributed by atoms with Crippen molar-refractivity contribution in [3.63, 3.8) is 0 Å². The fourth-order valence-electron chi connectivity index (χ4n) is 2.35. The normalized spacial score (nSPS) is 17.6. The van der Waals surface area contributed by atoms with E-state index in [-0.39, 0.29) is 5.75 Å². The van der Waals surface area contributed by atoms with Gasteiger partial charge in [0.25, 0.3) is 0 Å². The van der Waals surface area contributed by atoms with E-state index in [9.17, 15) is 8.42 Å². The van der Waals surface area contributed by atoms with Crippen LogP contribution in [0.25, 0.3) is 0 Å². The van der Waals surface area contributed by atoms with Crippen molar-refractivity contribution in [2.45, 2.75) is 18.6 Å². The van der Waals surface area contributed by atoms with Crippen molar-refractivity contribution >= 4 is 21.6 Å². The van der Waals surface area contributed by atoms with Crippen LogP contribution >= 0.6 is 11.6 Å². The molecule has 1 aromatic carbocycles. The van der Waals surface area contributed by atoms with Gasteiger partial charge in [0.1, 0.15) is 0 Å². The quantitative estimate of drug-likeness (QED) is 0.838. The Hall–Kier alpha value is -0.620. The summed E-state index contributed by atoms with van der Waals surface area (Å²) >= 11 is 5.89. The van der Waals surface area contributed by atoms with Gasteiger partial charge >= 0.3 is 0 Å². The summed E-state index contributed by atoms with van der Waals surface area (Å²) in [6.45, 7) is 2.02. The second-order valence-electron chi connectivity index (χ2n) is 5.22. The average Bonchev–Trinajstić information content (AvgIpc) is 2.39. The third kappa shape index (κ3) is 4.45. The predicted molar refractivity (Wildman–Crippen MR) is 80.2 cm³/mol. The van der Waals surface area contributed by atoms with Crippen LogP contribution in [0, 0.1) is 5.92 Å². The molecule has 1 saturated heterocycles. The van der Waals surface area contributed by atoms with E-state index in [0.29, 0.717) is 17.5 Å². The first-order valence-corrected chi connectivity index (χ1v) is 8.72. The maximum Gasteiger partial charge on any atom is 0.218 e. The molecule has 0 atom stereocenters. The third-order valence-corrected chi connectivity index (χ3v) is 5.60. The van der Waals surface area contributed by atoms with E-state index in [1.807, 2.05) is 0 Å². The second-order valence-corrected chi connectivity index (χ2v) is 7.73. The van der Waals surface area contributed by atoms with Crippen molar-refractivity contribution in [2.24, 2.45) is 5.92 Å². The van der Waals surface area contributed by atoms with E-state index in [4.69, 9.17) is 16.3 Å². The Kier molecular flexibility index (Phi) is 5.43. The van der Waals surface area contributed by atoms with Crippen LogP contribution in [-0.2, 0) is 20.5 Å². The van der Waals surface area contributed by atoms with Crippen molar-refractivity contribution in [1.29, 1.82) is 0 Å². The van der Waals surface area contributed by atoms with Crippen LogP contribution < -0.4 is 0 Å². The second kappa shape index (κ2) is 6.89. The van der Waals surface area contributed by atoms with E-state index < -0.39 is 10.0 Å². The van der Waals surface area contributed by atoms with Crippen molar-refractivity contribution in [3.8, 4) is 0 Å². The van der Waals surface area contributed by atoms with Crippen LogP contribution in [0.15, 0.2) is 24.3 Å². The van der Waals surface area contributed by atoms with Gasteiger partial charge in [-0.1, -0.05) is 23.7 Å². The Morgan fingerprint density at radius 2 is 2.05 bits per heavy atom. The SMILES string of the molecule is CN(CC1CCOCC1)S(=O)(=O)Cc1cccc(Cl)c1. The molecule has 0 aliphatic carbocycles. The van der Waals surface area contributed by atoms with Crippen molar-refractivity contribution < 1.29 is 13.2 Å². The first-order chi connectivity index (χ1) is 9.47. The third-order valence-electron chi connectivity index (χ3n) is 3.57. The first-order valence-electron chi connectivity index (χ1n) is 6.73. The molecule has 1 fully saturated rings. The molecule has 0 radical (unpaired) electrons. The number of nitrogens with zero attached hydrogens (tertiary/aromatic N) is 1. The molecule has 4 nitrogen and oxygen atoms in total. The number of ether oxygens (including phenoxy) is 1. The molecule has 2 rings (SSSR count). The van der Waals surface area contributed by atoms with Crippen LogP contribution in [0.2, 0.25) is 5.02 Å². The van der Waals surface area contributed by atoms with Crippen LogP contribution in [0.4, 0.5) is 0 Å². The van der Waals surface area contributed by atoms with Crippen LogP contribution in [-0.4, -0.2) is 39.5 Å². The van der Waals surface area contributed by atoms with Gasteiger partial charge in [0.2, 0.25) is 10.0 Å². The van der Waals surface area contributed by atoms with Gasteiger partial charge in [0.05, 0.1) is 5.75 Å². The molecule has 20 heavy (non-hydrogen) atoms. The summed E-state index contributed by atoms with van der Waals surface area (Å²) in [6, 6.07) is 6.99. The standard InChI is InChI=1S/C14H20ClNO3S/c1-16(10-12-5-7-19-8-6-12)20(17,18)11-13-3-2-4-14(15)9-13/h2-4,9,12H,5-8,10-11H2,1H3. The maximum absolute atomic E-state index is 12.3. The minimum absolute atomic E-state index is 0.00667. The fourth-order valence-corrected chi connectivity index (χ4v) is 3.83. The lowest BCUT2D eigenvalue weighted by atomic mass is 10.0. The fraction of sp³-hybridized carbons (Fsp3) is 0.571. The average molecular weight is 318 g/mol. The minimum atomic E-state index is -3.30. The van der Waals surface area contributed by atoms with Gasteiger partial charge in [0.15, 0.2) is 0 Å². The molecular weight excluding hydrogens is 298 g/mol. The summed E-state index contributed by atoms with van der Waals surface area (Å²) in [5.41, 5.74) is 0.719. The highest BCUT2D eigenvalue weighted by Gasteiger charge is 2.23. The number of halogens is 1. The van der Waals surface area contributed by atoms with Gasteiger partial charge in [-0.3, -0.25) is 0 Å². The molecule has 6 heteroatoms. The molecule has 0 bridgehead atoms. The Labute approximate surface area is 125 Å². The van der Waals surface area contributed by atoms with Crippen molar-refractivity contribution in [1.82, 2.24) is 4.31 Å². The molecule has 0 spiro atoms. The summed E-state index contributed by atoms with van der Waals surface area (Å²) < 4.78 is 31.4. The summed E-state index contributed by atoms with van der Waals surface area (Å²) in [4.78, 5) is 0. The number of hydrogen-bond donors (Lipinski definition) is 0. The lowest BCUT2D eigenvalue weighted by molar-refractivity contribution is 0.0620. The Morgan fingerprint density at radius 3 is 2.70 bits per heavy atom. The maximum atomic E-state index is 12.3. The van der Waals surface area contributed by atoms with E-state index in [1.165, 1.54) is 4.31 Å². The molecule has 1 aliphatic rings. The van der Waals surface area contributed by atoms with E-state index in [0.717, 1.165) is 31.6 Å². The highest BCUT2D eigenvalue weighted by atomic mass is 35.5. The topological polar surface area (TPSA) is 46.6 Å². The molecular formula is C14H20ClNO3S. The van der Waals surface area contributed by atoms with Crippen LogP contribution in [0.5, 0.6) is 0 Å². The molecule has 1 aliphatic heterocycles. The smallest absolute Gasteiger partial charge is 0.218 e. The molecule has 112 valence electrons. The molecule has 1 heterocycles. The highest BCUT2D eigenvalue weighted by molar-refractivity contribution is 7.88. The van der Waals surface area contributed by atoms with E-state index in [2.05, 4.69) is 0 Å². The number of sulfonamides is 1. The summed E-state index contributed by atoms with van der Waals surface area (Å²) in [7, 11) is -1.65. The molecule has 0 unspecified atom stereocenters. The zero-order valence-corrected chi connectivity index (χ0v) is 13.2. The number of hydrogen-bond acceptors (Lipinski definition) is 3. The Morgan fingerprint density at radius 1 is 1.35 bits per heavy atom. The van der Waals surface area contributed by atoms with Gasteiger partial charge in [-0.25, -0.2) is 12.7 Å². The molecule has 0 amide bonds. The van der Waals surface area contributed by atoms with Crippen molar-refractivity contribution in [3.05, 3.63) is 34.9 Å². The Bertz CT molecular complexity index is 541. The molecule has 1 aromatic rings. The summed E-state index contributed by atoms with van der Waals surface area (Å²) in [6.07, 6.45) is 1.86. The zero-order valence-electron chi connectivity index (χ0n) is 11.6. The summed E-state index contributed by atoms with van der Waals surface area (Å²) in [5.74, 6) is 0.385. The highest BCUT2D eigenvalue weighted by Crippen LogP contribution is 2.19. The van der Waals surface area contributed by atoms with Gasteiger partial charge in [0, 0.05) is 31.8 Å². The van der Waals surface area contributed by atoms with E-state index >= 15 is 0 Å². The van der Waals surface area contributed by atoms with Gasteiger partial charge < -0.3 is 4.74 Å². The number of rotatable bonds is 5. The van der Waals surface area contributed by atoms with Crippen LogP contribution in [0.3, 0.4) is 0 Å². The molecule has 0 saturated carbocycles. The predicted octanol–water partition coefficient (Wildman–Crippen LogP) is 2.53. The zero-order chi connectivity index (χ0) is 14.6.